The minimum absolute atomic E-state index is 0.0492. The number of hydrogen-bond donors (Lipinski definition) is 1. The van der Waals surface area contributed by atoms with Gasteiger partial charge in [-0.3, -0.25) is 4.79 Å². The summed E-state index contributed by atoms with van der Waals surface area (Å²) in [6, 6.07) is 8.32. The van der Waals surface area contributed by atoms with Gasteiger partial charge in [-0.2, -0.15) is 5.10 Å². The third-order valence-corrected chi connectivity index (χ3v) is 5.24. The summed E-state index contributed by atoms with van der Waals surface area (Å²) in [6.45, 7) is 1.79. The third kappa shape index (κ3) is 2.63. The second-order valence-corrected chi connectivity index (χ2v) is 6.91. The molecule has 2 fully saturated rings. The van der Waals surface area contributed by atoms with Crippen LogP contribution in [-0.4, -0.2) is 28.9 Å². The molecule has 2 heterocycles. The van der Waals surface area contributed by atoms with Crippen molar-refractivity contribution in [3.05, 3.63) is 34.6 Å². The average molecular weight is 312 g/mol. The first-order chi connectivity index (χ1) is 11.2. The van der Waals surface area contributed by atoms with Gasteiger partial charge in [0, 0.05) is 24.5 Å². The van der Waals surface area contributed by atoms with E-state index < -0.39 is 0 Å². The Kier molecular flexibility index (Phi) is 3.81. The van der Waals surface area contributed by atoms with Crippen LogP contribution in [0.4, 0.5) is 5.82 Å². The number of nitrogens with two attached hydrogens (primary N) is 1. The van der Waals surface area contributed by atoms with Crippen LogP contribution >= 0.6 is 0 Å². The zero-order chi connectivity index (χ0) is 15.8. The van der Waals surface area contributed by atoms with Gasteiger partial charge in [0.1, 0.15) is 0 Å². The fraction of sp³-hybridized carbons (Fsp3) is 0.556. The molecule has 2 aromatic rings. The van der Waals surface area contributed by atoms with Crippen LogP contribution in [0.2, 0.25) is 0 Å². The summed E-state index contributed by atoms with van der Waals surface area (Å²) in [4.78, 5) is 15.1. The molecule has 1 aliphatic heterocycles. The van der Waals surface area contributed by atoms with Crippen LogP contribution in [-0.2, 0) is 0 Å². The number of benzene rings is 1. The SMILES string of the molecule is NC1CCCCN(c2nn(C3CCC3)c(=O)c3ccccc23)C1. The lowest BCUT2D eigenvalue weighted by atomic mass is 9.93. The van der Waals surface area contributed by atoms with E-state index in [-0.39, 0.29) is 17.6 Å². The Morgan fingerprint density at radius 1 is 1.04 bits per heavy atom. The monoisotopic (exact) mass is 312 g/mol. The van der Waals surface area contributed by atoms with Gasteiger partial charge in [-0.15, -0.1) is 0 Å². The molecule has 1 aliphatic carbocycles. The predicted octanol–water partition coefficient (Wildman–Crippen LogP) is 2.44. The molecule has 1 saturated heterocycles. The second-order valence-electron chi connectivity index (χ2n) is 6.91. The van der Waals surface area contributed by atoms with Crippen molar-refractivity contribution < 1.29 is 0 Å². The quantitative estimate of drug-likeness (QED) is 0.925. The Labute approximate surface area is 136 Å². The number of rotatable bonds is 2. The molecule has 1 aromatic carbocycles. The highest BCUT2D eigenvalue weighted by Gasteiger charge is 2.26. The fourth-order valence-corrected chi connectivity index (χ4v) is 3.67. The number of hydrogen-bond acceptors (Lipinski definition) is 4. The molecule has 122 valence electrons. The molecule has 23 heavy (non-hydrogen) atoms. The molecule has 2 aliphatic rings. The van der Waals surface area contributed by atoms with E-state index in [4.69, 9.17) is 10.8 Å². The summed E-state index contributed by atoms with van der Waals surface area (Å²) in [7, 11) is 0. The van der Waals surface area contributed by atoms with E-state index in [1.807, 2.05) is 24.3 Å². The summed E-state index contributed by atoms with van der Waals surface area (Å²) in [6.07, 6.45) is 6.67. The number of anilines is 1. The van der Waals surface area contributed by atoms with Crippen LogP contribution in [0.5, 0.6) is 0 Å². The van der Waals surface area contributed by atoms with Crippen molar-refractivity contribution in [3.8, 4) is 0 Å². The summed E-state index contributed by atoms with van der Waals surface area (Å²) in [5.74, 6) is 0.935. The highest BCUT2D eigenvalue weighted by Crippen LogP contribution is 2.32. The van der Waals surface area contributed by atoms with Crippen LogP contribution in [0, 0.1) is 0 Å². The zero-order valence-electron chi connectivity index (χ0n) is 13.4. The largest absolute Gasteiger partial charge is 0.353 e. The first-order valence-electron chi connectivity index (χ1n) is 8.76. The highest BCUT2D eigenvalue weighted by atomic mass is 16.1. The number of aromatic nitrogens is 2. The van der Waals surface area contributed by atoms with E-state index in [1.165, 1.54) is 6.42 Å². The van der Waals surface area contributed by atoms with Crippen LogP contribution < -0.4 is 16.2 Å². The molecule has 5 nitrogen and oxygen atoms in total. The van der Waals surface area contributed by atoms with Gasteiger partial charge in [0.2, 0.25) is 0 Å². The van der Waals surface area contributed by atoms with E-state index in [2.05, 4.69) is 4.90 Å². The molecule has 1 saturated carbocycles. The topological polar surface area (TPSA) is 64.2 Å². The zero-order valence-corrected chi connectivity index (χ0v) is 13.4. The normalized spacial score (nSPS) is 22.8. The summed E-state index contributed by atoms with van der Waals surface area (Å²) >= 11 is 0. The van der Waals surface area contributed by atoms with Crippen molar-refractivity contribution in [2.75, 3.05) is 18.0 Å². The Bertz CT molecular complexity index is 765. The van der Waals surface area contributed by atoms with Crippen LogP contribution in [0.15, 0.2) is 29.1 Å². The van der Waals surface area contributed by atoms with E-state index in [0.717, 1.165) is 61.8 Å². The molecule has 4 rings (SSSR count). The summed E-state index contributed by atoms with van der Waals surface area (Å²) in [5, 5.41) is 6.54. The molecule has 0 bridgehead atoms. The Morgan fingerprint density at radius 3 is 2.57 bits per heavy atom. The average Bonchev–Trinajstić information content (AvgIpc) is 2.73. The lowest BCUT2D eigenvalue weighted by Gasteiger charge is -2.30. The van der Waals surface area contributed by atoms with Gasteiger partial charge in [0.25, 0.3) is 5.56 Å². The van der Waals surface area contributed by atoms with Gasteiger partial charge in [0.15, 0.2) is 5.82 Å². The smallest absolute Gasteiger partial charge is 0.275 e. The molecule has 1 aromatic heterocycles. The first kappa shape index (κ1) is 14.7. The van der Waals surface area contributed by atoms with Gasteiger partial charge in [-0.1, -0.05) is 24.6 Å². The van der Waals surface area contributed by atoms with Crippen molar-refractivity contribution in [2.24, 2.45) is 5.73 Å². The maximum atomic E-state index is 12.8. The molecular formula is C18H24N4O. The van der Waals surface area contributed by atoms with Crippen LogP contribution in [0.3, 0.4) is 0 Å². The summed E-state index contributed by atoms with van der Waals surface area (Å²) < 4.78 is 1.73. The van der Waals surface area contributed by atoms with E-state index in [9.17, 15) is 4.79 Å². The molecule has 0 amide bonds. The lowest BCUT2D eigenvalue weighted by Crippen LogP contribution is -2.39. The molecule has 0 radical (unpaired) electrons. The maximum absolute atomic E-state index is 12.8. The third-order valence-electron chi connectivity index (χ3n) is 5.24. The van der Waals surface area contributed by atoms with Gasteiger partial charge in [-0.05, 0) is 38.2 Å². The maximum Gasteiger partial charge on any atom is 0.275 e. The van der Waals surface area contributed by atoms with E-state index in [0.29, 0.717) is 0 Å². The van der Waals surface area contributed by atoms with Gasteiger partial charge in [0.05, 0.1) is 11.4 Å². The van der Waals surface area contributed by atoms with E-state index >= 15 is 0 Å². The van der Waals surface area contributed by atoms with Crippen molar-refractivity contribution in [1.82, 2.24) is 9.78 Å². The number of nitrogens with zero attached hydrogens (tertiary/aromatic N) is 3. The van der Waals surface area contributed by atoms with Crippen molar-refractivity contribution in [1.29, 1.82) is 0 Å². The van der Waals surface area contributed by atoms with E-state index in [1.54, 1.807) is 4.68 Å². The lowest BCUT2D eigenvalue weighted by molar-refractivity contribution is 0.280. The van der Waals surface area contributed by atoms with Crippen molar-refractivity contribution in [2.45, 2.75) is 50.6 Å². The number of fused-ring (bicyclic) bond motifs is 1. The Hall–Kier alpha value is -1.88. The fourth-order valence-electron chi connectivity index (χ4n) is 3.67. The molecule has 0 spiro atoms. The van der Waals surface area contributed by atoms with Crippen LogP contribution in [0.25, 0.3) is 10.8 Å². The predicted molar refractivity (Wildman–Crippen MR) is 92.9 cm³/mol. The van der Waals surface area contributed by atoms with Crippen molar-refractivity contribution >= 4 is 16.6 Å². The van der Waals surface area contributed by atoms with Crippen molar-refractivity contribution in [3.63, 3.8) is 0 Å². The highest BCUT2D eigenvalue weighted by molar-refractivity contribution is 5.91. The van der Waals surface area contributed by atoms with Gasteiger partial charge < -0.3 is 10.6 Å². The molecule has 1 atom stereocenters. The Balaban J connectivity index is 1.86. The molecule has 5 heteroatoms. The Morgan fingerprint density at radius 2 is 1.83 bits per heavy atom. The molecular weight excluding hydrogens is 288 g/mol. The van der Waals surface area contributed by atoms with Gasteiger partial charge >= 0.3 is 0 Å². The standard InChI is InChI=1S/C18H24N4O/c19-13-6-3-4-11-21(12-13)17-15-9-1-2-10-16(15)18(23)22(20-17)14-7-5-8-14/h1-2,9-10,13-14H,3-8,11-12,19H2. The summed E-state index contributed by atoms with van der Waals surface area (Å²) in [5.41, 5.74) is 6.28. The second kappa shape index (κ2) is 5.96. The first-order valence-corrected chi connectivity index (χ1v) is 8.76. The van der Waals surface area contributed by atoms with Crippen LogP contribution in [0.1, 0.15) is 44.6 Å². The molecule has 2 N–H and O–H groups in total. The molecule has 1 unspecified atom stereocenters. The minimum atomic E-state index is 0.0492. The van der Waals surface area contributed by atoms with Gasteiger partial charge in [-0.25, -0.2) is 4.68 Å². The minimum Gasteiger partial charge on any atom is -0.353 e.